The Kier molecular flexibility index (Phi) is 8.67. The first kappa shape index (κ1) is 31.5. The number of rotatable bonds is 7. The highest BCUT2D eigenvalue weighted by atomic mass is 16.5. The Morgan fingerprint density at radius 1 is 0.549 bits per heavy atom. The highest BCUT2D eigenvalue weighted by Gasteiger charge is 2.19. The number of nitrogens with one attached hydrogen (secondary N) is 2. The van der Waals surface area contributed by atoms with Gasteiger partial charge < -0.3 is 4.74 Å². The van der Waals surface area contributed by atoms with Crippen molar-refractivity contribution in [2.45, 2.75) is 12.3 Å². The van der Waals surface area contributed by atoms with E-state index in [1.807, 2.05) is 78.9 Å². The van der Waals surface area contributed by atoms with Crippen LogP contribution >= 0.6 is 0 Å². The summed E-state index contributed by atoms with van der Waals surface area (Å²) in [6.07, 6.45) is 7.64. The van der Waals surface area contributed by atoms with Crippen LogP contribution in [0.1, 0.15) is 34.7 Å². The van der Waals surface area contributed by atoms with Crippen LogP contribution in [0.15, 0.2) is 176 Å². The average molecular weight is 659 g/mol. The van der Waals surface area contributed by atoms with Crippen molar-refractivity contribution in [2.75, 3.05) is 0 Å². The van der Waals surface area contributed by atoms with E-state index in [4.69, 9.17) is 25.5 Å². The fraction of sp³-hybridized carbons (Fsp3) is 0.0435. The van der Waals surface area contributed by atoms with Crippen LogP contribution in [0, 0.1) is 10.8 Å². The molecule has 0 bridgehead atoms. The maximum atomic E-state index is 8.47. The first-order valence-corrected chi connectivity index (χ1v) is 17.0. The van der Waals surface area contributed by atoms with Gasteiger partial charge in [-0.1, -0.05) is 133 Å². The molecule has 8 rings (SSSR count). The van der Waals surface area contributed by atoms with Crippen LogP contribution in [0.2, 0.25) is 0 Å². The topological polar surface area (TPSA) is 82.7 Å². The summed E-state index contributed by atoms with van der Waals surface area (Å²) in [6, 6.07) is 52.6. The third kappa shape index (κ3) is 6.78. The van der Waals surface area contributed by atoms with Gasteiger partial charge in [0.25, 0.3) is 0 Å². The molecular formula is C46H34N4O. The largest absolute Gasteiger partial charge is 0.421 e. The first-order valence-electron chi connectivity index (χ1n) is 17.0. The van der Waals surface area contributed by atoms with Gasteiger partial charge in [-0.05, 0) is 81.9 Å². The molecule has 1 aliphatic carbocycles. The van der Waals surface area contributed by atoms with Gasteiger partial charge in [0, 0.05) is 28.2 Å². The molecule has 51 heavy (non-hydrogen) atoms. The summed E-state index contributed by atoms with van der Waals surface area (Å²) in [6.45, 7) is 0. The monoisotopic (exact) mass is 658 g/mol. The van der Waals surface area contributed by atoms with E-state index in [-0.39, 0.29) is 17.7 Å². The van der Waals surface area contributed by atoms with Crippen LogP contribution in [0.25, 0.3) is 50.1 Å². The van der Waals surface area contributed by atoms with Gasteiger partial charge >= 0.3 is 0 Å². The summed E-state index contributed by atoms with van der Waals surface area (Å²) in [5.41, 5.74) is 9.62. The summed E-state index contributed by atoms with van der Waals surface area (Å²) in [4.78, 5) is 9.99. The minimum atomic E-state index is -0.0556. The van der Waals surface area contributed by atoms with Gasteiger partial charge in [-0.15, -0.1) is 0 Å². The van der Waals surface area contributed by atoms with Gasteiger partial charge in [0.2, 0.25) is 11.8 Å². The zero-order valence-electron chi connectivity index (χ0n) is 27.8. The van der Waals surface area contributed by atoms with Crippen molar-refractivity contribution >= 4 is 28.1 Å². The van der Waals surface area contributed by atoms with Crippen molar-refractivity contribution in [1.82, 2.24) is 9.97 Å². The van der Waals surface area contributed by atoms with Crippen LogP contribution in [-0.4, -0.2) is 21.8 Å². The summed E-state index contributed by atoms with van der Waals surface area (Å²) >= 11 is 0. The van der Waals surface area contributed by atoms with Gasteiger partial charge in [-0.25, -0.2) is 9.97 Å². The molecule has 0 spiro atoms. The third-order valence-corrected chi connectivity index (χ3v) is 9.24. The molecule has 7 aromatic rings. The molecule has 5 heteroatoms. The number of hydrogen-bond acceptors (Lipinski definition) is 5. The summed E-state index contributed by atoms with van der Waals surface area (Å²) in [7, 11) is 0. The van der Waals surface area contributed by atoms with E-state index in [9.17, 15) is 0 Å². The predicted molar refractivity (Wildman–Crippen MR) is 208 cm³/mol. The van der Waals surface area contributed by atoms with E-state index in [0.29, 0.717) is 17.0 Å². The number of ether oxygens (including phenoxy) is 1. The van der Waals surface area contributed by atoms with Gasteiger partial charge in [-0.3, -0.25) is 10.8 Å². The molecule has 5 nitrogen and oxygen atoms in total. The number of fused-ring (bicyclic) bond motifs is 1. The molecule has 2 N–H and O–H groups in total. The van der Waals surface area contributed by atoms with Crippen LogP contribution in [0.3, 0.4) is 0 Å². The predicted octanol–water partition coefficient (Wildman–Crippen LogP) is 11.1. The minimum Gasteiger partial charge on any atom is -0.421 e. The van der Waals surface area contributed by atoms with Crippen LogP contribution < -0.4 is 0 Å². The molecule has 0 radical (unpaired) electrons. The molecule has 0 fully saturated rings. The maximum absolute atomic E-state index is 8.47. The van der Waals surface area contributed by atoms with Crippen LogP contribution in [0.5, 0.6) is 0 Å². The summed E-state index contributed by atoms with van der Waals surface area (Å²) in [5.74, 6) is 0.798. The third-order valence-electron chi connectivity index (χ3n) is 9.24. The zero-order valence-corrected chi connectivity index (χ0v) is 27.8. The molecule has 0 saturated carbocycles. The zero-order chi connectivity index (χ0) is 34.6. The number of aromatic nitrogens is 2. The lowest BCUT2D eigenvalue weighted by Gasteiger charge is -2.20. The lowest BCUT2D eigenvalue weighted by Crippen LogP contribution is -2.12. The Morgan fingerprint density at radius 2 is 1.16 bits per heavy atom. The Morgan fingerprint density at radius 3 is 1.84 bits per heavy atom. The maximum Gasteiger partial charge on any atom is 0.221 e. The summed E-state index contributed by atoms with van der Waals surface area (Å²) in [5, 5.41) is 19.1. The Hall–Kier alpha value is -6.72. The molecule has 0 saturated heterocycles. The second-order valence-corrected chi connectivity index (χ2v) is 12.5. The molecule has 0 aliphatic heterocycles. The number of allylic oxidation sites excluding steroid dienone is 4. The van der Waals surface area contributed by atoms with E-state index >= 15 is 0 Å². The van der Waals surface area contributed by atoms with Gasteiger partial charge in [0.15, 0.2) is 5.82 Å². The highest BCUT2D eigenvalue weighted by molar-refractivity contribution is 6.05. The first-order chi connectivity index (χ1) is 25.1. The van der Waals surface area contributed by atoms with Crippen molar-refractivity contribution in [3.05, 3.63) is 198 Å². The SMILES string of the molecule is N=C(OC(=N)c1ccc(-c2cc(C3C=CC(c4cc(-c5ccccc5)nc(-c5ccccc5)n4)=CC3)c3ccccc3c2)cc1)c1ccccc1. The standard InChI is InChI=1S/C46H34N4O/c47-44(35-14-6-2-7-15-35)51-45(48)36-26-20-31(21-27-36)39-28-38-18-10-11-19-40(38)41(29-39)32-22-24-34(25-23-32)43-30-42(33-12-4-1-5-13-33)49-46(50-43)37-16-8-3-9-17-37/h1-22,24-30,32,47-48H,23H2. The van der Waals surface area contributed by atoms with Gasteiger partial charge in [0.1, 0.15) is 0 Å². The lowest BCUT2D eigenvalue weighted by atomic mass is 9.84. The number of benzene rings is 6. The van der Waals surface area contributed by atoms with Gasteiger partial charge in [-0.2, -0.15) is 0 Å². The molecular weight excluding hydrogens is 625 g/mol. The molecule has 1 aromatic heterocycles. The minimum absolute atomic E-state index is 0.0467. The van der Waals surface area contributed by atoms with Gasteiger partial charge in [0.05, 0.1) is 11.4 Å². The van der Waals surface area contributed by atoms with E-state index in [2.05, 4.69) is 85.0 Å². The molecule has 6 aromatic carbocycles. The molecule has 244 valence electrons. The lowest BCUT2D eigenvalue weighted by molar-refractivity contribution is 0.538. The molecule has 0 amide bonds. The van der Waals surface area contributed by atoms with E-state index in [1.54, 1.807) is 12.1 Å². The molecule has 1 heterocycles. The average Bonchev–Trinajstić information content (AvgIpc) is 3.21. The van der Waals surface area contributed by atoms with Crippen molar-refractivity contribution in [1.29, 1.82) is 10.8 Å². The van der Waals surface area contributed by atoms with E-state index < -0.39 is 0 Å². The quantitative estimate of drug-likeness (QED) is 0.132. The molecule has 1 atom stereocenters. The van der Waals surface area contributed by atoms with Crippen LogP contribution in [-0.2, 0) is 4.74 Å². The number of nitrogens with zero attached hydrogens (tertiary/aromatic N) is 2. The smallest absolute Gasteiger partial charge is 0.221 e. The fourth-order valence-corrected chi connectivity index (χ4v) is 6.55. The second kappa shape index (κ2) is 14.0. The summed E-state index contributed by atoms with van der Waals surface area (Å²) < 4.78 is 5.57. The second-order valence-electron chi connectivity index (χ2n) is 12.5. The van der Waals surface area contributed by atoms with Crippen molar-refractivity contribution in [3.8, 4) is 33.8 Å². The van der Waals surface area contributed by atoms with Crippen molar-refractivity contribution in [2.24, 2.45) is 0 Å². The Labute approximate surface area is 297 Å². The Bertz CT molecular complexity index is 2380. The molecule has 1 unspecified atom stereocenters. The number of hydrogen-bond donors (Lipinski definition) is 2. The fourth-order valence-electron chi connectivity index (χ4n) is 6.55. The van der Waals surface area contributed by atoms with Crippen molar-refractivity contribution in [3.63, 3.8) is 0 Å². The van der Waals surface area contributed by atoms with E-state index in [0.717, 1.165) is 45.6 Å². The Balaban J connectivity index is 1.07. The van der Waals surface area contributed by atoms with E-state index in [1.165, 1.54) is 16.3 Å². The normalized spacial score (nSPS) is 13.8. The van der Waals surface area contributed by atoms with Crippen molar-refractivity contribution < 1.29 is 4.74 Å². The molecule has 1 aliphatic rings. The highest BCUT2D eigenvalue weighted by Crippen LogP contribution is 2.38. The van der Waals surface area contributed by atoms with Crippen LogP contribution in [0.4, 0.5) is 0 Å².